The number of nitro benzene ring substituents is 1. The molecule has 2 N–H and O–H groups in total. The Morgan fingerprint density at radius 2 is 2.14 bits per heavy atom. The smallest absolute Gasteiger partial charge is 0.292 e. The highest BCUT2D eigenvalue weighted by Crippen LogP contribution is 2.26. The molecule has 0 radical (unpaired) electrons. The molecule has 7 heteroatoms. The van der Waals surface area contributed by atoms with E-state index in [2.05, 4.69) is 0 Å². The lowest BCUT2D eigenvalue weighted by molar-refractivity contribution is -0.383. The van der Waals surface area contributed by atoms with Crippen molar-refractivity contribution in [3.8, 4) is 0 Å². The number of hydrogen-bond acceptors (Lipinski definition) is 5. The Morgan fingerprint density at radius 1 is 1.48 bits per heavy atom. The molecule has 0 heterocycles. The van der Waals surface area contributed by atoms with Gasteiger partial charge in [0.15, 0.2) is 0 Å². The van der Waals surface area contributed by atoms with Gasteiger partial charge in [0.1, 0.15) is 5.69 Å². The molecule has 0 spiro atoms. The number of amides is 1. The predicted octanol–water partition coefficient (Wildman–Crippen LogP) is 1.92. The van der Waals surface area contributed by atoms with Gasteiger partial charge in [0.05, 0.1) is 17.1 Å². The fourth-order valence-electron chi connectivity index (χ4n) is 1.99. The van der Waals surface area contributed by atoms with Crippen molar-refractivity contribution in [2.75, 3.05) is 32.5 Å². The monoisotopic (exact) mass is 295 g/mol. The molecular weight excluding hydrogens is 274 g/mol. The van der Waals surface area contributed by atoms with Crippen molar-refractivity contribution in [3.63, 3.8) is 0 Å². The Balaban J connectivity index is 3.08. The van der Waals surface area contributed by atoms with Crippen LogP contribution in [0.5, 0.6) is 0 Å². The number of rotatable bonds is 7. The summed E-state index contributed by atoms with van der Waals surface area (Å²) in [6.07, 6.45) is 0. The van der Waals surface area contributed by atoms with Gasteiger partial charge in [-0.1, -0.05) is 19.9 Å². The Labute approximate surface area is 123 Å². The molecule has 0 aliphatic rings. The van der Waals surface area contributed by atoms with Gasteiger partial charge in [-0.25, -0.2) is 0 Å². The van der Waals surface area contributed by atoms with Crippen molar-refractivity contribution in [3.05, 3.63) is 33.9 Å². The molecule has 0 fully saturated rings. The maximum atomic E-state index is 12.5. The highest BCUT2D eigenvalue weighted by atomic mass is 16.6. The van der Waals surface area contributed by atoms with E-state index in [-0.39, 0.29) is 28.8 Å². The first-order valence-electron chi connectivity index (χ1n) is 6.69. The zero-order valence-electron chi connectivity index (χ0n) is 12.5. The number of carbonyl (C=O) groups is 1. The highest BCUT2D eigenvalue weighted by Gasteiger charge is 2.23. The zero-order chi connectivity index (χ0) is 16.0. The maximum Gasteiger partial charge on any atom is 0.292 e. The standard InChI is InChI=1S/C14H21N3O4/c1-10(2)9-16(7-8-21-3)14(18)11-5-4-6-12(13(11)15)17(19)20/h4-6,10H,7-9,15H2,1-3H3. The van der Waals surface area contributed by atoms with Crippen LogP contribution < -0.4 is 5.73 Å². The average Bonchev–Trinajstić information content (AvgIpc) is 2.42. The summed E-state index contributed by atoms with van der Waals surface area (Å²) in [5.41, 5.74) is 5.56. The molecule has 0 unspecified atom stereocenters. The second-order valence-corrected chi connectivity index (χ2v) is 5.13. The normalized spacial score (nSPS) is 10.7. The summed E-state index contributed by atoms with van der Waals surface area (Å²) in [5.74, 6) is -0.0484. The van der Waals surface area contributed by atoms with Crippen LogP contribution in [0.25, 0.3) is 0 Å². The molecule has 0 atom stereocenters. The molecule has 1 rings (SSSR count). The number of nitrogens with two attached hydrogens (primary N) is 1. The first kappa shape index (κ1) is 16.9. The lowest BCUT2D eigenvalue weighted by Crippen LogP contribution is -2.37. The van der Waals surface area contributed by atoms with Gasteiger partial charge in [-0.3, -0.25) is 14.9 Å². The van der Waals surface area contributed by atoms with Crippen LogP contribution in [0, 0.1) is 16.0 Å². The van der Waals surface area contributed by atoms with Crippen molar-refractivity contribution < 1.29 is 14.5 Å². The third-order valence-electron chi connectivity index (χ3n) is 2.95. The number of benzene rings is 1. The van der Waals surface area contributed by atoms with Crippen LogP contribution in [-0.2, 0) is 4.74 Å². The fraction of sp³-hybridized carbons (Fsp3) is 0.500. The van der Waals surface area contributed by atoms with E-state index in [4.69, 9.17) is 10.5 Å². The van der Waals surface area contributed by atoms with Crippen LogP contribution in [-0.4, -0.2) is 42.5 Å². The van der Waals surface area contributed by atoms with E-state index in [9.17, 15) is 14.9 Å². The molecule has 0 aliphatic heterocycles. The van der Waals surface area contributed by atoms with E-state index in [1.165, 1.54) is 18.2 Å². The van der Waals surface area contributed by atoms with Gasteiger partial charge in [0, 0.05) is 26.3 Å². The Morgan fingerprint density at radius 3 is 2.67 bits per heavy atom. The van der Waals surface area contributed by atoms with E-state index >= 15 is 0 Å². The number of methoxy groups -OCH3 is 1. The van der Waals surface area contributed by atoms with Crippen molar-refractivity contribution in [1.82, 2.24) is 4.90 Å². The fourth-order valence-corrected chi connectivity index (χ4v) is 1.99. The minimum absolute atomic E-state index is 0.0985. The summed E-state index contributed by atoms with van der Waals surface area (Å²) in [5, 5.41) is 10.9. The molecule has 116 valence electrons. The summed E-state index contributed by atoms with van der Waals surface area (Å²) >= 11 is 0. The average molecular weight is 295 g/mol. The molecule has 1 aromatic carbocycles. The van der Waals surface area contributed by atoms with Crippen molar-refractivity contribution in [1.29, 1.82) is 0 Å². The molecule has 0 saturated carbocycles. The lowest BCUT2D eigenvalue weighted by Gasteiger charge is -2.24. The third-order valence-corrected chi connectivity index (χ3v) is 2.95. The van der Waals surface area contributed by atoms with Crippen molar-refractivity contribution in [2.45, 2.75) is 13.8 Å². The zero-order valence-corrected chi connectivity index (χ0v) is 12.5. The van der Waals surface area contributed by atoms with Gasteiger partial charge in [0.25, 0.3) is 11.6 Å². The molecule has 7 nitrogen and oxygen atoms in total. The first-order chi connectivity index (χ1) is 9.88. The number of hydrogen-bond donors (Lipinski definition) is 1. The number of nitrogen functional groups attached to an aromatic ring is 1. The third kappa shape index (κ3) is 4.42. The summed E-state index contributed by atoms with van der Waals surface area (Å²) < 4.78 is 5.00. The number of nitro groups is 1. The Hall–Kier alpha value is -2.15. The van der Waals surface area contributed by atoms with Gasteiger partial charge in [-0.2, -0.15) is 0 Å². The van der Waals surface area contributed by atoms with Gasteiger partial charge in [-0.15, -0.1) is 0 Å². The summed E-state index contributed by atoms with van der Waals surface area (Å²) in [7, 11) is 1.56. The topological polar surface area (TPSA) is 98.7 Å². The van der Waals surface area contributed by atoms with Crippen molar-refractivity contribution in [2.24, 2.45) is 5.92 Å². The molecule has 0 aromatic heterocycles. The van der Waals surface area contributed by atoms with E-state index in [0.29, 0.717) is 19.7 Å². The van der Waals surface area contributed by atoms with E-state index < -0.39 is 4.92 Å². The van der Waals surface area contributed by atoms with Crippen molar-refractivity contribution >= 4 is 17.3 Å². The minimum Gasteiger partial charge on any atom is -0.393 e. The van der Waals surface area contributed by atoms with Crippen LogP contribution in [0.1, 0.15) is 24.2 Å². The van der Waals surface area contributed by atoms with Crippen LogP contribution in [0.2, 0.25) is 0 Å². The van der Waals surface area contributed by atoms with Crippen LogP contribution in [0.4, 0.5) is 11.4 Å². The number of ether oxygens (including phenoxy) is 1. The Kier molecular flexibility index (Phi) is 6.10. The molecular formula is C14H21N3O4. The van der Waals surface area contributed by atoms with Crippen LogP contribution >= 0.6 is 0 Å². The summed E-state index contributed by atoms with van der Waals surface area (Å²) in [6, 6.07) is 4.25. The molecule has 1 amide bonds. The highest BCUT2D eigenvalue weighted by molar-refractivity contribution is 6.01. The number of carbonyl (C=O) groups excluding carboxylic acids is 1. The van der Waals surface area contributed by atoms with E-state index in [0.717, 1.165) is 0 Å². The Bertz CT molecular complexity index is 517. The van der Waals surface area contributed by atoms with Crippen LogP contribution in [0.3, 0.4) is 0 Å². The molecule has 0 bridgehead atoms. The van der Waals surface area contributed by atoms with E-state index in [1.54, 1.807) is 12.0 Å². The van der Waals surface area contributed by atoms with Gasteiger partial charge in [-0.05, 0) is 12.0 Å². The molecule has 0 saturated heterocycles. The minimum atomic E-state index is -0.589. The molecule has 21 heavy (non-hydrogen) atoms. The molecule has 0 aliphatic carbocycles. The van der Waals surface area contributed by atoms with Gasteiger partial charge < -0.3 is 15.4 Å². The lowest BCUT2D eigenvalue weighted by atomic mass is 10.1. The first-order valence-corrected chi connectivity index (χ1v) is 6.69. The second kappa shape index (κ2) is 7.58. The van der Waals surface area contributed by atoms with Gasteiger partial charge >= 0.3 is 0 Å². The number of anilines is 1. The number of nitrogens with zero attached hydrogens (tertiary/aromatic N) is 2. The maximum absolute atomic E-state index is 12.5. The van der Waals surface area contributed by atoms with E-state index in [1.807, 2.05) is 13.8 Å². The van der Waals surface area contributed by atoms with Crippen LogP contribution in [0.15, 0.2) is 18.2 Å². The largest absolute Gasteiger partial charge is 0.393 e. The second-order valence-electron chi connectivity index (χ2n) is 5.13. The molecule has 1 aromatic rings. The SMILES string of the molecule is COCCN(CC(C)C)C(=O)c1cccc([N+](=O)[O-])c1N. The summed E-state index contributed by atoms with van der Waals surface area (Å²) in [4.78, 5) is 24.5. The quantitative estimate of drug-likeness (QED) is 0.470. The summed E-state index contributed by atoms with van der Waals surface area (Å²) in [6.45, 7) is 5.32. The van der Waals surface area contributed by atoms with Gasteiger partial charge in [0.2, 0.25) is 0 Å². The predicted molar refractivity (Wildman–Crippen MR) is 80.1 cm³/mol. The number of para-hydroxylation sites is 1.